The van der Waals surface area contributed by atoms with Crippen molar-refractivity contribution < 1.29 is 0 Å². The first-order valence-corrected chi connectivity index (χ1v) is 43.4. The van der Waals surface area contributed by atoms with Crippen molar-refractivity contribution >= 4 is 0 Å². The van der Waals surface area contributed by atoms with Gasteiger partial charge in [0.1, 0.15) is 0 Å². The van der Waals surface area contributed by atoms with Crippen LogP contribution in [-0.2, 0) is 0 Å². The maximum Gasteiger partial charge on any atom is -0.0277 e. The van der Waals surface area contributed by atoms with Crippen LogP contribution >= 0.6 is 0 Å². The van der Waals surface area contributed by atoms with Crippen LogP contribution in [0, 0.1) is 65.0 Å². The second-order valence-corrected chi connectivity index (χ2v) is 41.1. The van der Waals surface area contributed by atoms with Gasteiger partial charge in [0, 0.05) is 0 Å². The van der Waals surface area contributed by atoms with Gasteiger partial charge in [-0.15, -0.1) is 0 Å². The maximum atomic E-state index is 2.49. The summed E-state index contributed by atoms with van der Waals surface area (Å²) in [6, 6.07) is 0. The summed E-state index contributed by atoms with van der Waals surface area (Å²) in [7, 11) is 0. The Bertz CT molecular complexity index is 1690. The van der Waals surface area contributed by atoms with Crippen molar-refractivity contribution in [1.82, 2.24) is 0 Å². The Labute approximate surface area is 593 Å². The largest absolute Gasteiger partial charge is 0.0654 e. The van der Waals surface area contributed by atoms with Crippen LogP contribution in [0.1, 0.15) is 532 Å². The van der Waals surface area contributed by atoms with Gasteiger partial charge in [0.05, 0.1) is 0 Å². The van der Waals surface area contributed by atoms with Crippen LogP contribution in [0.3, 0.4) is 0 Å². The predicted molar refractivity (Wildman–Crippen MR) is 429 cm³/mol. The molecule has 0 aromatic rings. The van der Waals surface area contributed by atoms with E-state index in [1.165, 1.54) is 366 Å². The van der Waals surface area contributed by atoms with E-state index in [1.807, 2.05) is 0 Å². The van der Waals surface area contributed by atoms with Crippen molar-refractivity contribution in [3.63, 3.8) is 0 Å². The van der Waals surface area contributed by atoms with Crippen molar-refractivity contribution in [2.75, 3.05) is 0 Å². The molecule has 558 valence electrons. The summed E-state index contributed by atoms with van der Waals surface area (Å²) < 4.78 is 0. The lowest BCUT2D eigenvalue weighted by molar-refractivity contribution is 0.0601. The number of hydrogen-bond acceptors (Lipinski definition) is 0. The molecule has 0 heterocycles. The van der Waals surface area contributed by atoms with Crippen LogP contribution in [0.5, 0.6) is 0 Å². The molecule has 0 atom stereocenters. The Balaban J connectivity index is 0.000000518. The minimum absolute atomic E-state index is 0.507. The summed E-state index contributed by atoms with van der Waals surface area (Å²) in [6.45, 7) is 57.2. The zero-order valence-electron chi connectivity index (χ0n) is 70.3. The molecule has 0 N–H and O–H groups in total. The van der Waals surface area contributed by atoms with Crippen molar-refractivity contribution in [3.05, 3.63) is 0 Å². The highest BCUT2D eigenvalue weighted by Crippen LogP contribution is 2.52. The van der Waals surface area contributed by atoms with Gasteiger partial charge in [-0.1, -0.05) is 378 Å². The van der Waals surface area contributed by atoms with Gasteiger partial charge in [0.15, 0.2) is 0 Å². The third-order valence-corrected chi connectivity index (χ3v) is 28.7. The van der Waals surface area contributed by atoms with Gasteiger partial charge in [-0.25, -0.2) is 0 Å². The van der Waals surface area contributed by atoms with Gasteiger partial charge in [-0.2, -0.15) is 0 Å². The van der Waals surface area contributed by atoms with E-state index in [-0.39, 0.29) is 0 Å². The highest BCUT2D eigenvalue weighted by Gasteiger charge is 2.40. The monoisotopic (exact) mass is 1300 g/mol. The molecule has 10 fully saturated rings. The highest BCUT2D eigenvalue weighted by molar-refractivity contribution is 4.91. The minimum atomic E-state index is 0.507. The van der Waals surface area contributed by atoms with Crippen LogP contribution in [0.2, 0.25) is 0 Å². The van der Waals surface area contributed by atoms with Gasteiger partial charge in [0.2, 0.25) is 0 Å². The molecular formula is C93H186. The van der Waals surface area contributed by atoms with Gasteiger partial charge in [-0.3, -0.25) is 0 Å². The Hall–Kier alpha value is 0. The third-order valence-electron chi connectivity index (χ3n) is 28.7. The fraction of sp³-hybridized carbons (Fsp3) is 1.00. The molecule has 0 aromatic heterocycles. The molecule has 0 heteroatoms. The molecule has 0 aromatic carbocycles. The fourth-order valence-electron chi connectivity index (χ4n) is 18.9. The van der Waals surface area contributed by atoms with Gasteiger partial charge < -0.3 is 0 Å². The number of rotatable bonds is 12. The quantitative estimate of drug-likeness (QED) is 0.183. The second kappa shape index (κ2) is 45.8. The lowest BCUT2D eigenvalue weighted by atomic mass is 9.61. The molecule has 0 nitrogen and oxygen atoms in total. The van der Waals surface area contributed by atoms with E-state index in [1.54, 1.807) is 0 Å². The first-order valence-electron chi connectivity index (χ1n) is 43.4. The summed E-state index contributed by atoms with van der Waals surface area (Å²) in [4.78, 5) is 0. The van der Waals surface area contributed by atoms with Crippen molar-refractivity contribution in [1.29, 1.82) is 0 Å². The van der Waals surface area contributed by atoms with Crippen LogP contribution in [-0.4, -0.2) is 0 Å². The normalized spacial score (nSPS) is 25.3. The first-order chi connectivity index (χ1) is 43.4. The summed E-state index contributed by atoms with van der Waals surface area (Å²) in [5, 5.41) is 0. The molecular weight excluding hydrogens is 1120 g/mol. The summed E-state index contributed by atoms with van der Waals surface area (Å²) in [5.74, 6) is 0. The fourth-order valence-corrected chi connectivity index (χ4v) is 18.9. The van der Waals surface area contributed by atoms with Crippen LogP contribution in [0.15, 0.2) is 0 Å². The van der Waals surface area contributed by atoms with E-state index in [9.17, 15) is 0 Å². The Kier molecular flexibility index (Phi) is 44.8. The van der Waals surface area contributed by atoms with E-state index >= 15 is 0 Å². The molecule has 0 aliphatic heterocycles. The van der Waals surface area contributed by atoms with Crippen molar-refractivity contribution in [2.24, 2.45) is 65.0 Å². The van der Waals surface area contributed by atoms with Gasteiger partial charge in [-0.05, 0) is 219 Å². The molecule has 10 rings (SSSR count). The predicted octanol–water partition coefficient (Wildman–Crippen LogP) is 34.6. The van der Waals surface area contributed by atoms with Crippen molar-refractivity contribution in [3.8, 4) is 0 Å². The lowest BCUT2D eigenvalue weighted by Crippen LogP contribution is -2.34. The van der Waals surface area contributed by atoms with E-state index in [0.29, 0.717) is 32.5 Å². The molecule has 0 radical (unpaired) electrons. The topological polar surface area (TPSA) is 0 Å². The van der Waals surface area contributed by atoms with E-state index in [4.69, 9.17) is 0 Å². The molecule has 0 amide bonds. The van der Waals surface area contributed by atoms with Gasteiger partial charge >= 0.3 is 0 Å². The minimum Gasteiger partial charge on any atom is -0.0654 e. The van der Waals surface area contributed by atoms with Crippen molar-refractivity contribution in [2.45, 2.75) is 532 Å². The third kappa shape index (κ3) is 39.7. The standard InChI is InChI=1S/2C11H22.3C10H20.2C9H18.2C8H16.C7H14/c1-10(2,3)11(4)8-6-5-7-9-11;1-3-4-8-11(2)9-6-5-7-10-11;1-9(2,3)10(4)7-5-6-8-10;1-3-7-10(2)8-5-4-6-9-10;1-3-4-7-10(2)8-5-6-9-10;1-3-9(2)7-5-4-6-8-9;1-3-6-9(2)7-4-5-8-9;1-8(2)6-4-3-5-7-8;1-3-8(2)6-4-5-7-8;1-7(2)5-3-4-6-7/h5-9H2,1-4H3;3-10H2,1-2H3;5-8H2,1-4H3;2*3-9H2,1-2H3;2*3-8H2,1-2H3;2*3-7H2,1-2H3;3-6H2,1-2H3. The Morgan fingerprint density at radius 2 is 0.366 bits per heavy atom. The highest BCUT2D eigenvalue weighted by atomic mass is 14.5. The molecule has 0 unspecified atom stereocenters. The van der Waals surface area contributed by atoms with E-state index < -0.39 is 0 Å². The first kappa shape index (κ1) is 91.0. The molecule has 10 aliphatic rings. The summed E-state index contributed by atoms with van der Waals surface area (Å²) in [6.07, 6.45) is 83.2. The second-order valence-electron chi connectivity index (χ2n) is 41.1. The number of hydrogen-bond donors (Lipinski definition) is 0. The Morgan fingerprint density at radius 3 is 0.516 bits per heavy atom. The zero-order valence-corrected chi connectivity index (χ0v) is 70.3. The SMILES string of the molecule is CC(C)(C)C1(C)CCCC1.CC(C)(C)C1(C)CCCCC1.CC1(C)CCCC1.CC1(C)CCCCC1.CCC1(C)CCCC1.CCC1(C)CCCCC1.CCCC1(C)CCCC1.CCCC1(C)CCCCC1.CCCCC1(C)CCCC1.CCCCC1(C)CCCCC1. The molecule has 0 bridgehead atoms. The van der Waals surface area contributed by atoms with E-state index in [2.05, 4.69) is 166 Å². The summed E-state index contributed by atoms with van der Waals surface area (Å²) >= 11 is 0. The van der Waals surface area contributed by atoms with Crippen LogP contribution in [0.25, 0.3) is 0 Å². The zero-order chi connectivity index (χ0) is 70.3. The molecule has 0 saturated heterocycles. The van der Waals surface area contributed by atoms with E-state index in [0.717, 1.165) is 32.5 Å². The molecule has 0 spiro atoms. The average molecular weight is 1300 g/mol. The summed E-state index contributed by atoms with van der Waals surface area (Å²) in [5.41, 5.74) is 8.05. The lowest BCUT2D eigenvalue weighted by Gasteiger charge is -2.45. The number of unbranched alkanes of at least 4 members (excludes halogenated alkanes) is 2. The van der Waals surface area contributed by atoms with Crippen LogP contribution in [0.4, 0.5) is 0 Å². The molecule has 93 heavy (non-hydrogen) atoms. The maximum absolute atomic E-state index is 2.49. The Morgan fingerprint density at radius 1 is 0.194 bits per heavy atom. The smallest absolute Gasteiger partial charge is 0.0277 e. The molecule has 10 saturated carbocycles. The average Bonchev–Trinajstić information content (AvgIpc) is 1.73. The van der Waals surface area contributed by atoms with Crippen LogP contribution < -0.4 is 0 Å². The van der Waals surface area contributed by atoms with Gasteiger partial charge in [0.25, 0.3) is 0 Å². The molecule has 10 aliphatic carbocycles.